The average molecular weight is 141 g/mol. The van der Waals surface area contributed by atoms with Gasteiger partial charge >= 0.3 is 0 Å². The van der Waals surface area contributed by atoms with Gasteiger partial charge in [-0.25, -0.2) is 4.99 Å². The smallest absolute Gasteiger partial charge is 0.285 e. The van der Waals surface area contributed by atoms with E-state index in [9.17, 15) is 14.5 Å². The topological polar surface area (TPSA) is 88.0 Å². The van der Waals surface area contributed by atoms with Crippen LogP contribution in [0.25, 0.3) is 0 Å². The van der Waals surface area contributed by atoms with Crippen LogP contribution in [0.5, 0.6) is 0 Å². The predicted octanol–water partition coefficient (Wildman–Crippen LogP) is -1.19. The Morgan fingerprint density at radius 3 is 2.70 bits per heavy atom. The van der Waals surface area contributed by atoms with Gasteiger partial charge in [0.25, 0.3) is 17.9 Å². The van der Waals surface area contributed by atoms with E-state index in [0.717, 1.165) is 6.34 Å². The summed E-state index contributed by atoms with van der Waals surface area (Å²) in [7, 11) is 0. The Kier molecular flexibility index (Phi) is 1.53. The molecule has 1 atom stereocenters. The minimum absolute atomic E-state index is 0.727. The van der Waals surface area contributed by atoms with Crippen molar-refractivity contribution in [3.8, 4) is 0 Å². The largest absolute Gasteiger partial charge is 0.314 e. The summed E-state index contributed by atoms with van der Waals surface area (Å²) in [5, 5.41) is 4.35. The molecule has 0 radical (unpaired) electrons. The van der Waals surface area contributed by atoms with E-state index in [4.69, 9.17) is 0 Å². The van der Waals surface area contributed by atoms with Gasteiger partial charge in [0.2, 0.25) is 0 Å². The highest BCUT2D eigenvalue weighted by Gasteiger charge is 2.29. The van der Waals surface area contributed by atoms with Gasteiger partial charge in [0.15, 0.2) is 0 Å². The minimum Gasteiger partial charge on any atom is -0.314 e. The number of nitroso groups, excluding NO2 is 1. The standard InChI is InChI=1S/C4H3N3O3/c8-3-2(7-10)4(9)6-1-5-3/h1-2H,(H,5,6,8,9). The van der Waals surface area contributed by atoms with Crippen molar-refractivity contribution in [3.63, 3.8) is 0 Å². The van der Waals surface area contributed by atoms with Crippen molar-refractivity contribution in [1.82, 2.24) is 5.32 Å². The van der Waals surface area contributed by atoms with E-state index >= 15 is 0 Å². The Labute approximate surface area is 55.3 Å². The quantitative estimate of drug-likeness (QED) is 0.367. The van der Waals surface area contributed by atoms with E-state index in [1.165, 1.54) is 0 Å². The summed E-state index contributed by atoms with van der Waals surface area (Å²) in [6, 6.07) is -1.50. The molecule has 0 aromatic heterocycles. The molecular weight excluding hydrogens is 138 g/mol. The fourth-order valence-corrected chi connectivity index (χ4v) is 0.514. The maximum Gasteiger partial charge on any atom is 0.285 e. The number of rotatable bonds is 1. The van der Waals surface area contributed by atoms with Crippen LogP contribution in [0.15, 0.2) is 10.2 Å². The summed E-state index contributed by atoms with van der Waals surface area (Å²) in [4.78, 5) is 33.9. The number of nitrogens with zero attached hydrogens (tertiary/aromatic N) is 2. The summed E-state index contributed by atoms with van der Waals surface area (Å²) in [6.45, 7) is 0. The van der Waals surface area contributed by atoms with Gasteiger partial charge < -0.3 is 5.32 Å². The number of nitrogens with one attached hydrogen (secondary N) is 1. The molecule has 0 aromatic carbocycles. The van der Waals surface area contributed by atoms with E-state index in [1.54, 1.807) is 0 Å². The molecule has 0 spiro atoms. The van der Waals surface area contributed by atoms with Gasteiger partial charge in [-0.3, -0.25) is 9.59 Å². The fourth-order valence-electron chi connectivity index (χ4n) is 0.514. The van der Waals surface area contributed by atoms with Crippen LogP contribution in [0.2, 0.25) is 0 Å². The number of hydrogen-bond donors (Lipinski definition) is 1. The van der Waals surface area contributed by atoms with Crippen LogP contribution in [0.4, 0.5) is 0 Å². The lowest BCUT2D eigenvalue weighted by molar-refractivity contribution is -0.129. The van der Waals surface area contributed by atoms with Gasteiger partial charge in [-0.05, 0) is 5.18 Å². The summed E-state index contributed by atoms with van der Waals surface area (Å²) in [6.07, 6.45) is 0.937. The van der Waals surface area contributed by atoms with Crippen molar-refractivity contribution in [2.45, 2.75) is 6.04 Å². The lowest BCUT2D eigenvalue weighted by atomic mass is 10.2. The van der Waals surface area contributed by atoms with Gasteiger partial charge in [0, 0.05) is 0 Å². The zero-order valence-electron chi connectivity index (χ0n) is 4.77. The molecule has 0 aliphatic carbocycles. The molecule has 0 aromatic rings. The van der Waals surface area contributed by atoms with Crippen LogP contribution in [0, 0.1) is 4.91 Å². The number of carbonyl (C=O) groups is 2. The minimum atomic E-state index is -1.50. The van der Waals surface area contributed by atoms with Crippen LogP contribution in [0.1, 0.15) is 0 Å². The molecule has 6 heteroatoms. The van der Waals surface area contributed by atoms with Crippen molar-refractivity contribution in [3.05, 3.63) is 4.91 Å². The van der Waals surface area contributed by atoms with Crippen molar-refractivity contribution in [1.29, 1.82) is 0 Å². The third-order valence-electron chi connectivity index (χ3n) is 0.986. The highest BCUT2D eigenvalue weighted by Crippen LogP contribution is 1.96. The molecule has 10 heavy (non-hydrogen) atoms. The molecule has 0 saturated carbocycles. The Hall–Kier alpha value is -1.59. The normalized spacial score (nSPS) is 24.2. The second-order valence-electron chi connectivity index (χ2n) is 1.61. The highest BCUT2D eigenvalue weighted by atomic mass is 16.3. The molecule has 1 aliphatic heterocycles. The fraction of sp³-hybridized carbons (Fsp3) is 0.250. The van der Waals surface area contributed by atoms with Crippen molar-refractivity contribution >= 4 is 18.2 Å². The first kappa shape index (κ1) is 6.53. The summed E-state index contributed by atoms with van der Waals surface area (Å²) < 4.78 is 0. The van der Waals surface area contributed by atoms with E-state index in [0.29, 0.717) is 0 Å². The maximum atomic E-state index is 10.5. The monoisotopic (exact) mass is 141 g/mol. The Morgan fingerprint density at radius 1 is 1.60 bits per heavy atom. The Morgan fingerprint density at radius 2 is 2.30 bits per heavy atom. The van der Waals surface area contributed by atoms with Gasteiger partial charge in [-0.1, -0.05) is 0 Å². The average Bonchev–Trinajstić information content (AvgIpc) is 1.88. The zero-order valence-corrected chi connectivity index (χ0v) is 4.77. The first-order valence-electron chi connectivity index (χ1n) is 2.45. The third kappa shape index (κ3) is 0.903. The lowest BCUT2D eigenvalue weighted by Gasteiger charge is -2.06. The van der Waals surface area contributed by atoms with Crippen molar-refractivity contribution in [2.75, 3.05) is 0 Å². The SMILES string of the molecule is O=NC1C(=O)N=CNC1=O. The second kappa shape index (κ2) is 2.34. The maximum absolute atomic E-state index is 10.5. The van der Waals surface area contributed by atoms with Crippen molar-refractivity contribution in [2.24, 2.45) is 10.2 Å². The molecule has 1 heterocycles. The van der Waals surface area contributed by atoms with Crippen LogP contribution in [-0.2, 0) is 9.59 Å². The first-order valence-corrected chi connectivity index (χ1v) is 2.45. The Bertz CT molecular complexity index is 222. The molecule has 0 saturated heterocycles. The molecule has 0 bridgehead atoms. The molecular formula is C4H3N3O3. The highest BCUT2D eigenvalue weighted by molar-refractivity contribution is 6.13. The molecule has 52 valence electrons. The molecule has 1 unspecified atom stereocenters. The van der Waals surface area contributed by atoms with Crippen molar-refractivity contribution < 1.29 is 9.59 Å². The van der Waals surface area contributed by atoms with E-state index in [2.05, 4.69) is 15.5 Å². The van der Waals surface area contributed by atoms with Gasteiger partial charge in [-0.2, -0.15) is 0 Å². The molecule has 1 aliphatic rings. The summed E-state index contributed by atoms with van der Waals surface area (Å²) in [5.74, 6) is -1.55. The van der Waals surface area contributed by atoms with Gasteiger partial charge in [0.05, 0.1) is 6.34 Å². The van der Waals surface area contributed by atoms with E-state index < -0.39 is 17.9 Å². The predicted molar refractivity (Wildman–Crippen MR) is 31.2 cm³/mol. The Balaban J connectivity index is 2.87. The van der Waals surface area contributed by atoms with Crippen LogP contribution >= 0.6 is 0 Å². The van der Waals surface area contributed by atoms with E-state index in [1.807, 2.05) is 0 Å². The number of carbonyl (C=O) groups excluding carboxylic acids is 2. The van der Waals surface area contributed by atoms with Gasteiger partial charge in [-0.15, -0.1) is 4.91 Å². The summed E-state index contributed by atoms with van der Waals surface area (Å²) >= 11 is 0. The summed E-state index contributed by atoms with van der Waals surface area (Å²) in [5.41, 5.74) is 0. The van der Waals surface area contributed by atoms with Crippen LogP contribution < -0.4 is 5.32 Å². The third-order valence-corrected chi connectivity index (χ3v) is 0.986. The molecule has 0 fully saturated rings. The molecule has 1 rings (SSSR count). The zero-order chi connectivity index (χ0) is 7.56. The first-order chi connectivity index (χ1) is 4.75. The molecule has 6 nitrogen and oxygen atoms in total. The van der Waals surface area contributed by atoms with Crippen LogP contribution in [-0.4, -0.2) is 24.2 Å². The number of aliphatic imine (C=N–C) groups is 1. The molecule has 2 amide bonds. The van der Waals surface area contributed by atoms with Crippen LogP contribution in [0.3, 0.4) is 0 Å². The molecule has 1 N–H and O–H groups in total. The number of hydrogen-bond acceptors (Lipinski definition) is 4. The second-order valence-corrected chi connectivity index (χ2v) is 1.61. The van der Waals surface area contributed by atoms with Gasteiger partial charge in [0.1, 0.15) is 0 Å². The lowest BCUT2D eigenvalue weighted by Crippen LogP contribution is -2.41. The number of amides is 2. The van der Waals surface area contributed by atoms with E-state index in [-0.39, 0.29) is 0 Å².